The molecule has 0 aliphatic carbocycles. The summed E-state index contributed by atoms with van der Waals surface area (Å²) in [5, 5.41) is 7.10. The Bertz CT molecular complexity index is 1010. The van der Waals surface area contributed by atoms with Gasteiger partial charge in [0.1, 0.15) is 5.75 Å². The first-order chi connectivity index (χ1) is 13.1. The molecule has 136 valence electrons. The number of rotatable bonds is 4. The van der Waals surface area contributed by atoms with Gasteiger partial charge in [-0.15, -0.1) is 0 Å². The topological polar surface area (TPSA) is 82.5 Å². The van der Waals surface area contributed by atoms with Gasteiger partial charge in [-0.1, -0.05) is 18.2 Å². The number of esters is 1. The fraction of sp³-hybridized carbons (Fsp3) is 0.150. The molecule has 2 heterocycles. The van der Waals surface area contributed by atoms with Crippen LogP contribution in [0, 0.1) is 0 Å². The number of aryl methyl sites for hydroxylation is 1. The van der Waals surface area contributed by atoms with Gasteiger partial charge in [0.05, 0.1) is 19.0 Å². The summed E-state index contributed by atoms with van der Waals surface area (Å²) in [6.07, 6.45) is 2.66. The monoisotopic (exact) mass is 363 g/mol. The van der Waals surface area contributed by atoms with Crippen molar-refractivity contribution in [1.82, 2.24) is 9.78 Å². The first-order valence-electron chi connectivity index (χ1n) is 8.48. The molecule has 2 aromatic carbocycles. The predicted octanol–water partition coefficient (Wildman–Crippen LogP) is 2.98. The van der Waals surface area contributed by atoms with E-state index in [9.17, 15) is 9.59 Å². The molecule has 7 heteroatoms. The van der Waals surface area contributed by atoms with Gasteiger partial charge in [-0.3, -0.25) is 4.79 Å². The van der Waals surface area contributed by atoms with E-state index in [-0.39, 0.29) is 11.6 Å². The summed E-state index contributed by atoms with van der Waals surface area (Å²) in [5.41, 5.74) is 2.57. The molecule has 0 spiro atoms. The van der Waals surface area contributed by atoms with Crippen LogP contribution in [0.1, 0.15) is 22.5 Å². The minimum Gasteiger partial charge on any atom is -0.493 e. The number of hydrogen-bond acceptors (Lipinski definition) is 5. The number of carbonyl (C=O) groups is 2. The van der Waals surface area contributed by atoms with Crippen LogP contribution in [0.4, 0.5) is 5.69 Å². The van der Waals surface area contributed by atoms with Gasteiger partial charge in [-0.25, -0.2) is 9.48 Å². The highest BCUT2D eigenvalue weighted by molar-refractivity contribution is 5.94. The zero-order valence-electron chi connectivity index (χ0n) is 14.6. The summed E-state index contributed by atoms with van der Waals surface area (Å²) in [6, 6.07) is 14.5. The van der Waals surface area contributed by atoms with Crippen LogP contribution in [0.5, 0.6) is 11.5 Å². The summed E-state index contributed by atoms with van der Waals surface area (Å²) in [4.78, 5) is 24.1. The Morgan fingerprint density at radius 2 is 1.96 bits per heavy atom. The number of carbonyl (C=O) groups excluding carboxylic acids is 2. The molecule has 0 fully saturated rings. The van der Waals surface area contributed by atoms with Crippen LogP contribution in [0.2, 0.25) is 0 Å². The SMILES string of the molecule is COc1cn(-c2ccccc2)nc1C(=O)Oc1ccc2c(c1)CCC(=O)N2. The summed E-state index contributed by atoms with van der Waals surface area (Å²) < 4.78 is 12.3. The lowest BCUT2D eigenvalue weighted by molar-refractivity contribution is -0.116. The third-order valence-corrected chi connectivity index (χ3v) is 4.30. The maximum atomic E-state index is 12.6. The van der Waals surface area contributed by atoms with Gasteiger partial charge in [0, 0.05) is 12.1 Å². The van der Waals surface area contributed by atoms with Crippen LogP contribution in [-0.2, 0) is 11.2 Å². The highest BCUT2D eigenvalue weighted by atomic mass is 16.5. The Kier molecular flexibility index (Phi) is 4.33. The van der Waals surface area contributed by atoms with Gasteiger partial charge in [-0.05, 0) is 42.3 Å². The molecule has 0 radical (unpaired) electrons. The maximum absolute atomic E-state index is 12.6. The Morgan fingerprint density at radius 1 is 1.15 bits per heavy atom. The molecule has 1 aliphatic rings. The Balaban J connectivity index is 1.58. The minimum absolute atomic E-state index is 0.0107. The van der Waals surface area contributed by atoms with Gasteiger partial charge in [-0.2, -0.15) is 5.10 Å². The lowest BCUT2D eigenvalue weighted by Gasteiger charge is -2.17. The van der Waals surface area contributed by atoms with Crippen LogP contribution >= 0.6 is 0 Å². The molecule has 3 aromatic rings. The zero-order chi connectivity index (χ0) is 18.8. The van der Waals surface area contributed by atoms with E-state index < -0.39 is 5.97 Å². The highest BCUT2D eigenvalue weighted by Crippen LogP contribution is 2.28. The van der Waals surface area contributed by atoms with E-state index >= 15 is 0 Å². The van der Waals surface area contributed by atoms with E-state index in [4.69, 9.17) is 9.47 Å². The molecule has 1 amide bonds. The van der Waals surface area contributed by atoms with Gasteiger partial charge in [0.25, 0.3) is 0 Å². The molecule has 1 aliphatic heterocycles. The van der Waals surface area contributed by atoms with Crippen molar-refractivity contribution in [3.8, 4) is 17.2 Å². The number of hydrogen-bond donors (Lipinski definition) is 1. The molecule has 1 N–H and O–H groups in total. The number of ether oxygens (including phenoxy) is 2. The number of anilines is 1. The molecule has 27 heavy (non-hydrogen) atoms. The standard InChI is InChI=1S/C20H17N3O4/c1-26-17-12-23(14-5-3-2-4-6-14)22-19(17)20(25)27-15-8-9-16-13(11-15)7-10-18(24)21-16/h2-6,8-9,11-12H,7,10H2,1H3,(H,21,24). The van der Waals surface area contributed by atoms with Gasteiger partial charge >= 0.3 is 5.97 Å². The summed E-state index contributed by atoms with van der Waals surface area (Å²) in [7, 11) is 1.48. The van der Waals surface area contributed by atoms with Crippen molar-refractivity contribution in [2.45, 2.75) is 12.8 Å². The molecule has 0 saturated carbocycles. The van der Waals surface area contributed by atoms with E-state index in [1.165, 1.54) is 7.11 Å². The molecule has 0 bridgehead atoms. The van der Waals surface area contributed by atoms with Crippen LogP contribution in [0.25, 0.3) is 5.69 Å². The average Bonchev–Trinajstić information content (AvgIpc) is 3.13. The molecule has 0 unspecified atom stereocenters. The number of aromatic nitrogens is 2. The predicted molar refractivity (Wildman–Crippen MR) is 98.5 cm³/mol. The number of methoxy groups -OCH3 is 1. The van der Waals surface area contributed by atoms with Crippen LogP contribution in [0.15, 0.2) is 54.7 Å². The number of nitrogens with zero attached hydrogens (tertiary/aromatic N) is 2. The second-order valence-electron chi connectivity index (χ2n) is 6.08. The lowest BCUT2D eigenvalue weighted by Crippen LogP contribution is -2.19. The number of nitrogens with one attached hydrogen (secondary N) is 1. The van der Waals surface area contributed by atoms with Crippen molar-refractivity contribution >= 4 is 17.6 Å². The first kappa shape index (κ1) is 16.8. The average molecular weight is 363 g/mol. The third kappa shape index (κ3) is 3.39. The van der Waals surface area contributed by atoms with Gasteiger partial charge < -0.3 is 14.8 Å². The van der Waals surface area contributed by atoms with Gasteiger partial charge in [0.15, 0.2) is 5.75 Å². The summed E-state index contributed by atoms with van der Waals surface area (Å²) >= 11 is 0. The maximum Gasteiger partial charge on any atom is 0.368 e. The number of para-hydroxylation sites is 1. The van der Waals surface area contributed by atoms with Gasteiger partial charge in [0.2, 0.25) is 11.6 Å². The van der Waals surface area contributed by atoms with Crippen molar-refractivity contribution in [1.29, 1.82) is 0 Å². The fourth-order valence-corrected chi connectivity index (χ4v) is 2.94. The third-order valence-electron chi connectivity index (χ3n) is 4.30. The second-order valence-corrected chi connectivity index (χ2v) is 6.08. The quantitative estimate of drug-likeness (QED) is 0.569. The number of amides is 1. The van der Waals surface area contributed by atoms with Crippen molar-refractivity contribution in [3.05, 3.63) is 66.0 Å². The normalized spacial score (nSPS) is 12.9. The van der Waals surface area contributed by atoms with Crippen LogP contribution < -0.4 is 14.8 Å². The van der Waals surface area contributed by atoms with E-state index in [2.05, 4.69) is 10.4 Å². The molecule has 1 aromatic heterocycles. The minimum atomic E-state index is -0.610. The van der Waals surface area contributed by atoms with E-state index in [0.717, 1.165) is 16.9 Å². The smallest absolute Gasteiger partial charge is 0.368 e. The zero-order valence-corrected chi connectivity index (χ0v) is 14.6. The number of benzene rings is 2. The van der Waals surface area contributed by atoms with E-state index in [0.29, 0.717) is 24.3 Å². The van der Waals surface area contributed by atoms with E-state index in [1.54, 1.807) is 29.1 Å². The Hall–Kier alpha value is -3.61. The summed E-state index contributed by atoms with van der Waals surface area (Å²) in [6.45, 7) is 0. The molecular weight excluding hydrogens is 346 g/mol. The Labute approximate surface area is 155 Å². The molecule has 0 saturated heterocycles. The van der Waals surface area contributed by atoms with Crippen LogP contribution in [-0.4, -0.2) is 28.8 Å². The van der Waals surface area contributed by atoms with Crippen LogP contribution in [0.3, 0.4) is 0 Å². The molecule has 7 nitrogen and oxygen atoms in total. The van der Waals surface area contributed by atoms with Crippen molar-refractivity contribution < 1.29 is 19.1 Å². The molecule has 4 rings (SSSR count). The largest absolute Gasteiger partial charge is 0.493 e. The van der Waals surface area contributed by atoms with E-state index in [1.807, 2.05) is 30.3 Å². The first-order valence-corrected chi connectivity index (χ1v) is 8.48. The van der Waals surface area contributed by atoms with Crippen molar-refractivity contribution in [3.63, 3.8) is 0 Å². The highest BCUT2D eigenvalue weighted by Gasteiger charge is 2.22. The second kappa shape index (κ2) is 6.95. The number of fused-ring (bicyclic) bond motifs is 1. The molecule has 0 atom stereocenters. The summed E-state index contributed by atoms with van der Waals surface area (Å²) in [5.74, 6) is 0.102. The Morgan fingerprint density at radius 3 is 2.74 bits per heavy atom. The lowest BCUT2D eigenvalue weighted by atomic mass is 10.0. The fourth-order valence-electron chi connectivity index (χ4n) is 2.94. The van der Waals surface area contributed by atoms with Crippen molar-refractivity contribution in [2.24, 2.45) is 0 Å². The molecular formula is C20H17N3O4. The van der Waals surface area contributed by atoms with Crippen molar-refractivity contribution in [2.75, 3.05) is 12.4 Å².